The molecule has 2 heterocycles. The zero-order chi connectivity index (χ0) is 23.3. The highest BCUT2D eigenvalue weighted by Crippen LogP contribution is 2.25. The summed E-state index contributed by atoms with van der Waals surface area (Å²) >= 11 is 0. The number of nitrogens with zero attached hydrogens (tertiary/aromatic N) is 1. The molecule has 0 aliphatic carbocycles. The highest BCUT2D eigenvalue weighted by molar-refractivity contribution is 7.92. The van der Waals surface area contributed by atoms with Gasteiger partial charge in [0.1, 0.15) is 11.6 Å². The summed E-state index contributed by atoms with van der Waals surface area (Å²) in [6.07, 6.45) is 5.00. The van der Waals surface area contributed by atoms with Crippen LogP contribution in [0.5, 0.6) is 0 Å². The van der Waals surface area contributed by atoms with Crippen molar-refractivity contribution in [3.05, 3.63) is 84.1 Å². The summed E-state index contributed by atoms with van der Waals surface area (Å²) < 4.78 is 47.2. The van der Waals surface area contributed by atoms with Crippen molar-refractivity contribution in [1.82, 2.24) is 10.2 Å². The normalized spacial score (nSPS) is 15.7. The van der Waals surface area contributed by atoms with E-state index in [2.05, 4.69) is 14.9 Å². The van der Waals surface area contributed by atoms with E-state index in [-0.39, 0.29) is 22.2 Å². The second-order valence-electron chi connectivity index (χ2n) is 7.95. The van der Waals surface area contributed by atoms with Crippen LogP contribution in [0.3, 0.4) is 0 Å². The molecule has 1 atom stereocenters. The van der Waals surface area contributed by atoms with Gasteiger partial charge in [0.25, 0.3) is 15.9 Å². The summed E-state index contributed by atoms with van der Waals surface area (Å²) in [5.74, 6) is -0.300. The van der Waals surface area contributed by atoms with Crippen LogP contribution in [0.15, 0.2) is 76.2 Å². The third-order valence-electron chi connectivity index (χ3n) is 5.68. The standard InChI is InChI=1S/C24H26FN3O4S/c25-20-10-2-3-11-21(20)27-33(30,31)19-9-6-8-18(16-19)24(29)26-17-22(23-12-7-15-32-23)28-13-4-1-5-14-28/h2-3,6-12,15-16,22,27H,1,4-5,13-14,17H2,(H,26,29). The number of para-hydroxylation sites is 1. The second-order valence-corrected chi connectivity index (χ2v) is 9.63. The van der Waals surface area contributed by atoms with Crippen LogP contribution in [0.4, 0.5) is 10.1 Å². The Morgan fingerprint density at radius 2 is 1.82 bits per heavy atom. The molecule has 1 unspecified atom stereocenters. The molecule has 174 valence electrons. The summed E-state index contributed by atoms with van der Waals surface area (Å²) in [7, 11) is -4.07. The fourth-order valence-electron chi connectivity index (χ4n) is 3.96. The molecule has 1 aromatic heterocycles. The molecule has 0 saturated carbocycles. The number of nitrogens with one attached hydrogen (secondary N) is 2. The van der Waals surface area contributed by atoms with Gasteiger partial charge in [-0.05, 0) is 68.4 Å². The largest absolute Gasteiger partial charge is 0.468 e. The molecule has 4 rings (SSSR count). The van der Waals surface area contributed by atoms with Crippen molar-refractivity contribution in [3.8, 4) is 0 Å². The SMILES string of the molecule is O=C(NCC(c1ccco1)N1CCCCC1)c1cccc(S(=O)(=O)Nc2ccccc2F)c1. The number of likely N-dealkylation sites (tertiary alicyclic amines) is 1. The van der Waals surface area contributed by atoms with Crippen LogP contribution >= 0.6 is 0 Å². The molecule has 3 aromatic rings. The maximum atomic E-state index is 13.9. The van der Waals surface area contributed by atoms with Gasteiger partial charge in [0.15, 0.2) is 0 Å². The van der Waals surface area contributed by atoms with E-state index < -0.39 is 21.7 Å². The molecule has 1 saturated heterocycles. The van der Waals surface area contributed by atoms with Gasteiger partial charge in [-0.15, -0.1) is 0 Å². The van der Waals surface area contributed by atoms with E-state index in [9.17, 15) is 17.6 Å². The predicted molar refractivity (Wildman–Crippen MR) is 123 cm³/mol. The van der Waals surface area contributed by atoms with Gasteiger partial charge in [0.05, 0.1) is 22.9 Å². The van der Waals surface area contributed by atoms with Crippen LogP contribution in [-0.2, 0) is 10.0 Å². The minimum atomic E-state index is -4.07. The lowest BCUT2D eigenvalue weighted by Gasteiger charge is -2.33. The number of anilines is 1. The van der Waals surface area contributed by atoms with Crippen molar-refractivity contribution in [2.75, 3.05) is 24.4 Å². The Morgan fingerprint density at radius 1 is 1.03 bits per heavy atom. The molecule has 1 aliphatic rings. The van der Waals surface area contributed by atoms with E-state index in [1.807, 2.05) is 12.1 Å². The van der Waals surface area contributed by atoms with E-state index in [1.54, 1.807) is 12.3 Å². The number of hydrogen-bond acceptors (Lipinski definition) is 5. The average Bonchev–Trinajstić information content (AvgIpc) is 3.36. The monoisotopic (exact) mass is 471 g/mol. The minimum Gasteiger partial charge on any atom is -0.468 e. The number of amides is 1. The Bertz CT molecular complexity index is 1190. The van der Waals surface area contributed by atoms with Crippen LogP contribution in [-0.4, -0.2) is 38.9 Å². The predicted octanol–water partition coefficient (Wildman–Crippen LogP) is 4.18. The van der Waals surface area contributed by atoms with Crippen LogP contribution in [0.1, 0.15) is 41.4 Å². The van der Waals surface area contributed by atoms with Gasteiger partial charge in [-0.1, -0.05) is 24.6 Å². The molecule has 1 amide bonds. The number of piperidine rings is 1. The molecule has 33 heavy (non-hydrogen) atoms. The summed E-state index contributed by atoms with van der Waals surface area (Å²) in [5, 5.41) is 2.91. The fraction of sp³-hybridized carbons (Fsp3) is 0.292. The number of halogens is 1. The van der Waals surface area contributed by atoms with Crippen molar-refractivity contribution in [2.45, 2.75) is 30.2 Å². The molecule has 9 heteroatoms. The lowest BCUT2D eigenvalue weighted by Crippen LogP contribution is -2.40. The first-order chi connectivity index (χ1) is 15.9. The molecule has 1 fully saturated rings. The van der Waals surface area contributed by atoms with Crippen molar-refractivity contribution < 1.29 is 22.0 Å². The van der Waals surface area contributed by atoms with Crippen LogP contribution in [0.25, 0.3) is 0 Å². The lowest BCUT2D eigenvalue weighted by atomic mass is 10.1. The molecular formula is C24H26FN3O4S. The summed E-state index contributed by atoms with van der Waals surface area (Å²) in [6, 6.07) is 14.8. The van der Waals surface area contributed by atoms with Gasteiger partial charge in [-0.3, -0.25) is 14.4 Å². The molecule has 7 nitrogen and oxygen atoms in total. The second kappa shape index (κ2) is 10.2. The number of sulfonamides is 1. The van der Waals surface area contributed by atoms with Gasteiger partial charge in [0.2, 0.25) is 0 Å². The molecule has 0 spiro atoms. The number of hydrogen-bond donors (Lipinski definition) is 2. The Kier molecular flexibility index (Phi) is 7.10. The minimum absolute atomic E-state index is 0.0983. The van der Waals surface area contributed by atoms with Crippen LogP contribution < -0.4 is 10.0 Å². The van der Waals surface area contributed by atoms with Crippen molar-refractivity contribution >= 4 is 21.6 Å². The van der Waals surface area contributed by atoms with E-state index in [0.717, 1.165) is 31.7 Å². The van der Waals surface area contributed by atoms with Gasteiger partial charge >= 0.3 is 0 Å². The first-order valence-corrected chi connectivity index (χ1v) is 12.4. The first-order valence-electron chi connectivity index (χ1n) is 10.9. The summed E-state index contributed by atoms with van der Waals surface area (Å²) in [5.41, 5.74) is 0.0402. The quantitative estimate of drug-likeness (QED) is 0.514. The molecule has 2 N–H and O–H groups in total. The Balaban J connectivity index is 1.47. The number of benzene rings is 2. The van der Waals surface area contributed by atoms with Gasteiger partial charge in [-0.2, -0.15) is 0 Å². The zero-order valence-electron chi connectivity index (χ0n) is 18.0. The maximum absolute atomic E-state index is 13.9. The third-order valence-corrected chi connectivity index (χ3v) is 7.05. The van der Waals surface area contributed by atoms with Crippen molar-refractivity contribution in [1.29, 1.82) is 0 Å². The van der Waals surface area contributed by atoms with Gasteiger partial charge in [0, 0.05) is 12.1 Å². The maximum Gasteiger partial charge on any atom is 0.262 e. The topological polar surface area (TPSA) is 91.7 Å². The van der Waals surface area contributed by atoms with Gasteiger partial charge < -0.3 is 9.73 Å². The molecule has 0 bridgehead atoms. The number of carbonyl (C=O) groups is 1. The van der Waals surface area contributed by atoms with Crippen molar-refractivity contribution in [3.63, 3.8) is 0 Å². The summed E-state index contributed by atoms with van der Waals surface area (Å²) in [6.45, 7) is 2.18. The van der Waals surface area contributed by atoms with E-state index in [1.165, 1.54) is 48.9 Å². The van der Waals surface area contributed by atoms with E-state index >= 15 is 0 Å². The average molecular weight is 472 g/mol. The summed E-state index contributed by atoms with van der Waals surface area (Å²) in [4.78, 5) is 15.0. The van der Waals surface area contributed by atoms with Crippen LogP contribution in [0.2, 0.25) is 0 Å². The smallest absolute Gasteiger partial charge is 0.262 e. The Labute approximate surface area is 192 Å². The number of carbonyl (C=O) groups excluding carboxylic acids is 1. The lowest BCUT2D eigenvalue weighted by molar-refractivity contribution is 0.0914. The third kappa shape index (κ3) is 5.61. The highest BCUT2D eigenvalue weighted by atomic mass is 32.2. The molecule has 1 aliphatic heterocycles. The molecule has 2 aromatic carbocycles. The van der Waals surface area contributed by atoms with E-state index in [0.29, 0.717) is 6.54 Å². The Morgan fingerprint density at radius 3 is 2.55 bits per heavy atom. The molecule has 0 radical (unpaired) electrons. The number of rotatable bonds is 8. The van der Waals surface area contributed by atoms with Crippen LogP contribution in [0, 0.1) is 5.82 Å². The molecular weight excluding hydrogens is 445 g/mol. The first kappa shape index (κ1) is 23.0. The highest BCUT2D eigenvalue weighted by Gasteiger charge is 2.25. The fourth-order valence-corrected chi connectivity index (χ4v) is 5.08. The Hall–Kier alpha value is -3.17. The van der Waals surface area contributed by atoms with Gasteiger partial charge in [-0.25, -0.2) is 12.8 Å². The number of furan rings is 1. The zero-order valence-corrected chi connectivity index (χ0v) is 18.9. The van der Waals surface area contributed by atoms with E-state index in [4.69, 9.17) is 4.42 Å². The van der Waals surface area contributed by atoms with Crippen molar-refractivity contribution in [2.24, 2.45) is 0 Å².